The lowest BCUT2D eigenvalue weighted by Crippen LogP contribution is -2.15. The number of hydrogen-bond acceptors (Lipinski definition) is 6. The molecule has 0 aliphatic rings. The van der Waals surface area contributed by atoms with Crippen LogP contribution in [0, 0.1) is 17.0 Å². The molecule has 0 saturated heterocycles. The molecule has 8 heteroatoms. The molecule has 0 bridgehead atoms. The fourth-order valence-electron chi connectivity index (χ4n) is 2.02. The number of pyridine rings is 1. The lowest BCUT2D eigenvalue weighted by Gasteiger charge is -2.06. The first-order valence-corrected chi connectivity index (χ1v) is 8.27. The van der Waals surface area contributed by atoms with E-state index >= 15 is 0 Å². The van der Waals surface area contributed by atoms with E-state index in [0.29, 0.717) is 11.6 Å². The second-order valence-corrected chi connectivity index (χ2v) is 5.95. The van der Waals surface area contributed by atoms with E-state index < -0.39 is 4.92 Å². The second-order valence-electron chi connectivity index (χ2n) is 4.97. The van der Waals surface area contributed by atoms with Crippen molar-refractivity contribution in [2.75, 3.05) is 18.2 Å². The van der Waals surface area contributed by atoms with E-state index in [9.17, 15) is 14.9 Å². The molecule has 0 radical (unpaired) electrons. The van der Waals surface area contributed by atoms with E-state index in [1.807, 2.05) is 19.1 Å². The molecule has 0 atom stereocenters. The Labute approximate surface area is 143 Å². The van der Waals surface area contributed by atoms with E-state index in [1.54, 1.807) is 18.2 Å². The van der Waals surface area contributed by atoms with Gasteiger partial charge in [-0.15, -0.1) is 11.8 Å². The molecule has 1 amide bonds. The van der Waals surface area contributed by atoms with Crippen LogP contribution in [0.2, 0.25) is 0 Å². The molecule has 0 aliphatic heterocycles. The van der Waals surface area contributed by atoms with Gasteiger partial charge in [0.2, 0.25) is 5.91 Å². The Hall–Kier alpha value is -2.61. The third-order valence-corrected chi connectivity index (χ3v) is 4.10. The normalized spacial score (nSPS) is 10.2. The molecule has 1 aromatic carbocycles. The zero-order chi connectivity index (χ0) is 17.5. The fraction of sp³-hybridized carbons (Fsp3) is 0.250. The summed E-state index contributed by atoms with van der Waals surface area (Å²) < 4.78 is 4.96. The summed E-state index contributed by atoms with van der Waals surface area (Å²) in [6, 6.07) is 10.2. The van der Waals surface area contributed by atoms with Crippen molar-refractivity contribution in [3.8, 4) is 5.75 Å². The van der Waals surface area contributed by atoms with Gasteiger partial charge in [-0.2, -0.15) is 0 Å². The van der Waals surface area contributed by atoms with Crippen molar-refractivity contribution in [2.45, 2.75) is 12.7 Å². The number of nitrogens with one attached hydrogen (secondary N) is 1. The minimum atomic E-state index is -0.483. The van der Waals surface area contributed by atoms with Crippen molar-refractivity contribution in [3.63, 3.8) is 0 Å². The van der Waals surface area contributed by atoms with Crippen LogP contribution in [0.15, 0.2) is 36.4 Å². The summed E-state index contributed by atoms with van der Waals surface area (Å²) in [7, 11) is 1.39. The number of methoxy groups -OCH3 is 1. The highest BCUT2D eigenvalue weighted by atomic mass is 32.2. The molecule has 0 unspecified atom stereocenters. The number of carbonyl (C=O) groups is 1. The van der Waals surface area contributed by atoms with Gasteiger partial charge >= 0.3 is 5.69 Å². The molecule has 126 valence electrons. The Morgan fingerprint density at radius 2 is 2.17 bits per heavy atom. The summed E-state index contributed by atoms with van der Waals surface area (Å²) in [6.07, 6.45) is 0. The van der Waals surface area contributed by atoms with Crippen molar-refractivity contribution in [1.82, 2.24) is 4.98 Å². The van der Waals surface area contributed by atoms with Crippen molar-refractivity contribution >= 4 is 29.2 Å². The van der Waals surface area contributed by atoms with Crippen LogP contribution in [0.5, 0.6) is 5.75 Å². The molecule has 0 aliphatic carbocycles. The number of ether oxygens (including phenoxy) is 1. The van der Waals surface area contributed by atoms with Crippen LogP contribution in [0.1, 0.15) is 11.3 Å². The Bertz CT molecular complexity index is 752. The second kappa shape index (κ2) is 8.30. The molecule has 1 aromatic heterocycles. The molecule has 1 N–H and O–H groups in total. The van der Waals surface area contributed by atoms with Crippen LogP contribution in [-0.4, -0.2) is 28.7 Å². The number of hydrogen-bond donors (Lipinski definition) is 1. The highest BCUT2D eigenvalue weighted by molar-refractivity contribution is 7.99. The standard InChI is InChI=1S/C16H17N3O4S/c1-11-4-3-5-15(17-11)18-16(20)10-24-9-12-6-7-14(23-2)13(8-12)19(21)22/h3-8H,9-10H2,1-2H3,(H,17,18,20). The smallest absolute Gasteiger partial charge is 0.311 e. The van der Waals surface area contributed by atoms with E-state index in [1.165, 1.54) is 24.9 Å². The molecule has 2 rings (SSSR count). The van der Waals surface area contributed by atoms with Crippen molar-refractivity contribution in [2.24, 2.45) is 0 Å². The minimum absolute atomic E-state index is 0.0796. The van der Waals surface area contributed by atoms with Crippen LogP contribution in [0.25, 0.3) is 0 Å². The molecular formula is C16H17N3O4S. The number of nitro groups is 1. The van der Waals surface area contributed by atoms with E-state index in [2.05, 4.69) is 10.3 Å². The lowest BCUT2D eigenvalue weighted by atomic mass is 10.2. The SMILES string of the molecule is COc1ccc(CSCC(=O)Nc2cccc(C)n2)cc1[N+](=O)[O-]. The van der Waals surface area contributed by atoms with Crippen molar-refractivity contribution in [1.29, 1.82) is 0 Å². The highest BCUT2D eigenvalue weighted by Crippen LogP contribution is 2.28. The first-order chi connectivity index (χ1) is 11.5. The Balaban J connectivity index is 1.88. The monoisotopic (exact) mass is 347 g/mol. The molecule has 1 heterocycles. The number of rotatable bonds is 7. The third kappa shape index (κ3) is 4.95. The molecular weight excluding hydrogens is 330 g/mol. The van der Waals surface area contributed by atoms with Crippen LogP contribution >= 0.6 is 11.8 Å². The van der Waals surface area contributed by atoms with Gasteiger partial charge in [0.25, 0.3) is 0 Å². The summed E-state index contributed by atoms with van der Waals surface area (Å²) in [5.74, 6) is 1.29. The number of aromatic nitrogens is 1. The maximum absolute atomic E-state index is 11.9. The van der Waals surface area contributed by atoms with Gasteiger partial charge in [-0.25, -0.2) is 4.98 Å². The van der Waals surface area contributed by atoms with Gasteiger partial charge in [0.05, 0.1) is 17.8 Å². The van der Waals surface area contributed by atoms with Crippen molar-refractivity contribution < 1.29 is 14.5 Å². The molecule has 0 saturated carbocycles. The summed E-state index contributed by atoms with van der Waals surface area (Å²) in [5.41, 5.74) is 1.50. The van der Waals surface area contributed by atoms with Gasteiger partial charge in [-0.05, 0) is 30.7 Å². The molecule has 0 spiro atoms. The number of aryl methyl sites for hydroxylation is 1. The van der Waals surface area contributed by atoms with Crippen LogP contribution < -0.4 is 10.1 Å². The number of benzene rings is 1. The molecule has 7 nitrogen and oxygen atoms in total. The van der Waals surface area contributed by atoms with Gasteiger partial charge < -0.3 is 10.1 Å². The Morgan fingerprint density at radius 3 is 2.83 bits per heavy atom. The van der Waals surface area contributed by atoms with Crippen LogP contribution in [0.4, 0.5) is 11.5 Å². The topological polar surface area (TPSA) is 94.4 Å². The van der Waals surface area contributed by atoms with Gasteiger partial charge in [-0.3, -0.25) is 14.9 Å². The maximum atomic E-state index is 11.9. The number of amides is 1. The number of thioether (sulfide) groups is 1. The highest BCUT2D eigenvalue weighted by Gasteiger charge is 2.15. The van der Waals surface area contributed by atoms with Gasteiger partial charge in [0, 0.05) is 17.5 Å². The quantitative estimate of drug-likeness (QED) is 0.610. The molecule has 0 fully saturated rings. The number of anilines is 1. The van der Waals surface area contributed by atoms with Crippen molar-refractivity contribution in [3.05, 3.63) is 57.8 Å². The zero-order valence-corrected chi connectivity index (χ0v) is 14.1. The predicted molar refractivity (Wildman–Crippen MR) is 93.4 cm³/mol. The average molecular weight is 347 g/mol. The summed E-state index contributed by atoms with van der Waals surface area (Å²) in [4.78, 5) is 26.6. The number of nitro benzene ring substituents is 1. The number of nitrogens with zero attached hydrogens (tertiary/aromatic N) is 2. The van der Waals surface area contributed by atoms with Gasteiger partial charge in [-0.1, -0.05) is 12.1 Å². The lowest BCUT2D eigenvalue weighted by molar-refractivity contribution is -0.385. The van der Waals surface area contributed by atoms with Crippen LogP contribution in [-0.2, 0) is 10.5 Å². The largest absolute Gasteiger partial charge is 0.490 e. The first-order valence-electron chi connectivity index (χ1n) is 7.12. The minimum Gasteiger partial charge on any atom is -0.490 e. The summed E-state index contributed by atoms with van der Waals surface area (Å²) in [5, 5.41) is 13.7. The summed E-state index contributed by atoms with van der Waals surface area (Å²) in [6.45, 7) is 1.85. The van der Waals surface area contributed by atoms with Gasteiger partial charge in [0.15, 0.2) is 5.75 Å². The Kier molecular flexibility index (Phi) is 6.14. The van der Waals surface area contributed by atoms with E-state index in [0.717, 1.165) is 11.3 Å². The fourth-order valence-corrected chi connectivity index (χ4v) is 2.80. The zero-order valence-electron chi connectivity index (χ0n) is 13.3. The van der Waals surface area contributed by atoms with Gasteiger partial charge in [0.1, 0.15) is 5.82 Å². The summed E-state index contributed by atoms with van der Waals surface area (Å²) >= 11 is 1.37. The number of carbonyl (C=O) groups excluding carboxylic acids is 1. The molecule has 24 heavy (non-hydrogen) atoms. The average Bonchev–Trinajstić information content (AvgIpc) is 2.54. The third-order valence-electron chi connectivity index (χ3n) is 3.10. The molecule has 2 aromatic rings. The maximum Gasteiger partial charge on any atom is 0.311 e. The van der Waals surface area contributed by atoms with Crippen LogP contribution in [0.3, 0.4) is 0 Å². The predicted octanol–water partition coefficient (Wildman–Crippen LogP) is 3.18. The van der Waals surface area contributed by atoms with E-state index in [4.69, 9.17) is 4.74 Å². The first kappa shape index (κ1) is 17.7. The Morgan fingerprint density at radius 1 is 1.38 bits per heavy atom. The van der Waals surface area contributed by atoms with E-state index in [-0.39, 0.29) is 23.1 Å².